The number of furan rings is 1. The summed E-state index contributed by atoms with van der Waals surface area (Å²) in [7, 11) is 0. The summed E-state index contributed by atoms with van der Waals surface area (Å²) in [5.74, 6) is -0.283. The third-order valence-electron chi connectivity index (χ3n) is 5.30. The van der Waals surface area contributed by atoms with Crippen LogP contribution in [-0.2, 0) is 17.9 Å². The Morgan fingerprint density at radius 1 is 1.21 bits per heavy atom. The number of amides is 2. The molecule has 9 heteroatoms. The topological polar surface area (TPSA) is 75.4 Å². The van der Waals surface area contributed by atoms with Crippen molar-refractivity contribution in [3.05, 3.63) is 88.5 Å². The van der Waals surface area contributed by atoms with Gasteiger partial charge in [-0.1, -0.05) is 47.6 Å². The Kier molecular flexibility index (Phi) is 5.78. The van der Waals surface area contributed by atoms with E-state index in [0.717, 1.165) is 11.0 Å². The molecule has 0 atom stereocenters. The van der Waals surface area contributed by atoms with Crippen LogP contribution in [0.1, 0.15) is 21.7 Å². The van der Waals surface area contributed by atoms with Crippen molar-refractivity contribution in [1.29, 1.82) is 0 Å². The molecule has 0 saturated heterocycles. The minimum atomic E-state index is -0.497. The van der Waals surface area contributed by atoms with Gasteiger partial charge in [0.05, 0.1) is 30.1 Å². The van der Waals surface area contributed by atoms with Crippen LogP contribution >= 0.6 is 23.4 Å². The Morgan fingerprint density at radius 2 is 2.06 bits per heavy atom. The molecule has 4 aromatic rings. The van der Waals surface area contributed by atoms with Crippen molar-refractivity contribution in [2.75, 3.05) is 10.7 Å². The molecule has 0 bridgehead atoms. The summed E-state index contributed by atoms with van der Waals surface area (Å²) in [6.45, 7) is 0.149. The molecule has 6 nitrogen and oxygen atoms in total. The predicted octanol–water partition coefficient (Wildman–Crippen LogP) is 5.19. The first-order chi connectivity index (χ1) is 16.0. The fraction of sp³-hybridized carbons (Fsp3) is 0.125. The molecule has 0 spiro atoms. The average molecular weight is 482 g/mol. The van der Waals surface area contributed by atoms with E-state index in [1.54, 1.807) is 12.1 Å². The third-order valence-corrected chi connectivity index (χ3v) is 6.63. The minimum Gasteiger partial charge on any atom is -0.459 e. The Bertz CT molecular complexity index is 1340. The van der Waals surface area contributed by atoms with Crippen LogP contribution in [0.3, 0.4) is 0 Å². The highest BCUT2D eigenvalue weighted by atomic mass is 35.5. The molecule has 5 rings (SSSR count). The van der Waals surface area contributed by atoms with Gasteiger partial charge in [0.15, 0.2) is 0 Å². The number of carbonyl (C=O) groups excluding carboxylic acids is 2. The standard InChI is InChI=1S/C24H17ClFN3O3S/c25-18-5-3-6-19(26)17(18)12-29-20-9-15(10-28-24(20)33-13-22(29)30)23(31)27-11-16-8-14-4-1-2-7-21(14)32-16/h1-10H,11-13H2,(H,27,31). The van der Waals surface area contributed by atoms with Gasteiger partial charge in [0.2, 0.25) is 5.91 Å². The van der Waals surface area contributed by atoms with Crippen LogP contribution < -0.4 is 10.2 Å². The first-order valence-corrected chi connectivity index (χ1v) is 11.5. The fourth-order valence-corrected chi connectivity index (χ4v) is 4.70. The van der Waals surface area contributed by atoms with E-state index in [0.29, 0.717) is 16.5 Å². The number of rotatable bonds is 5. The summed E-state index contributed by atoms with van der Waals surface area (Å²) in [5.41, 5.74) is 1.69. The van der Waals surface area contributed by atoms with Gasteiger partial charge in [-0.25, -0.2) is 9.37 Å². The molecule has 0 unspecified atom stereocenters. The molecule has 2 amide bonds. The number of hydrogen-bond acceptors (Lipinski definition) is 5. The van der Waals surface area contributed by atoms with Crippen molar-refractivity contribution in [3.63, 3.8) is 0 Å². The van der Waals surface area contributed by atoms with Gasteiger partial charge in [-0.3, -0.25) is 9.59 Å². The highest BCUT2D eigenvalue weighted by molar-refractivity contribution is 8.00. The maximum Gasteiger partial charge on any atom is 0.253 e. The van der Waals surface area contributed by atoms with Crippen molar-refractivity contribution in [1.82, 2.24) is 10.3 Å². The number of fused-ring (bicyclic) bond motifs is 2. The summed E-state index contributed by atoms with van der Waals surface area (Å²) in [6.07, 6.45) is 1.46. The minimum absolute atomic E-state index is 0.0519. The van der Waals surface area contributed by atoms with Crippen LogP contribution in [-0.4, -0.2) is 22.6 Å². The van der Waals surface area contributed by atoms with Crippen LogP contribution in [0.15, 0.2) is 70.2 Å². The monoisotopic (exact) mass is 481 g/mol. The van der Waals surface area contributed by atoms with E-state index in [-0.39, 0.29) is 46.8 Å². The van der Waals surface area contributed by atoms with E-state index in [4.69, 9.17) is 16.0 Å². The zero-order chi connectivity index (χ0) is 22.9. The van der Waals surface area contributed by atoms with Crippen molar-refractivity contribution < 1.29 is 18.4 Å². The molecule has 2 aromatic heterocycles. The molecule has 1 N–H and O–H groups in total. The summed E-state index contributed by atoms with van der Waals surface area (Å²) in [5, 5.41) is 4.59. The number of carbonyl (C=O) groups is 2. The second kappa shape index (κ2) is 8.88. The number of halogens is 2. The van der Waals surface area contributed by atoms with E-state index in [9.17, 15) is 14.0 Å². The molecule has 0 aliphatic carbocycles. The van der Waals surface area contributed by atoms with E-state index in [1.807, 2.05) is 30.3 Å². The maximum atomic E-state index is 14.3. The zero-order valence-electron chi connectivity index (χ0n) is 17.2. The van der Waals surface area contributed by atoms with Crippen molar-refractivity contribution in [3.8, 4) is 0 Å². The van der Waals surface area contributed by atoms with E-state index >= 15 is 0 Å². The van der Waals surface area contributed by atoms with Gasteiger partial charge in [0, 0.05) is 22.2 Å². The van der Waals surface area contributed by atoms with Crippen LogP contribution in [0.25, 0.3) is 11.0 Å². The molecule has 3 heterocycles. The number of aromatic nitrogens is 1. The molecule has 1 aliphatic heterocycles. The number of benzene rings is 2. The number of hydrogen-bond donors (Lipinski definition) is 1. The van der Waals surface area contributed by atoms with Gasteiger partial charge in [-0.05, 0) is 30.3 Å². The number of pyridine rings is 1. The Labute approximate surface area is 197 Å². The van der Waals surface area contributed by atoms with Crippen molar-refractivity contribution in [2.24, 2.45) is 0 Å². The Balaban J connectivity index is 1.38. The van der Waals surface area contributed by atoms with Gasteiger partial charge < -0.3 is 14.6 Å². The van der Waals surface area contributed by atoms with E-state index in [2.05, 4.69) is 10.3 Å². The lowest BCUT2D eigenvalue weighted by molar-refractivity contribution is -0.116. The third kappa shape index (κ3) is 4.31. The zero-order valence-corrected chi connectivity index (χ0v) is 18.8. The molecule has 33 heavy (non-hydrogen) atoms. The van der Waals surface area contributed by atoms with Crippen molar-refractivity contribution >= 4 is 51.8 Å². The number of thioether (sulfide) groups is 1. The highest BCUT2D eigenvalue weighted by Crippen LogP contribution is 2.36. The predicted molar refractivity (Wildman–Crippen MR) is 125 cm³/mol. The lowest BCUT2D eigenvalue weighted by Crippen LogP contribution is -2.36. The molecule has 166 valence electrons. The second-order valence-corrected chi connectivity index (χ2v) is 8.82. The first kappa shape index (κ1) is 21.5. The summed E-state index contributed by atoms with van der Waals surface area (Å²) < 4.78 is 20.1. The van der Waals surface area contributed by atoms with Crippen molar-refractivity contribution in [2.45, 2.75) is 18.1 Å². The highest BCUT2D eigenvalue weighted by Gasteiger charge is 2.28. The molecular formula is C24H17ClFN3O3S. The smallest absolute Gasteiger partial charge is 0.253 e. The largest absolute Gasteiger partial charge is 0.459 e. The summed E-state index contributed by atoms with van der Waals surface area (Å²) >= 11 is 7.44. The first-order valence-electron chi connectivity index (χ1n) is 10.1. The molecular weight excluding hydrogens is 465 g/mol. The Hall–Kier alpha value is -3.36. The quantitative estimate of drug-likeness (QED) is 0.424. The summed E-state index contributed by atoms with van der Waals surface area (Å²) in [6, 6.07) is 15.4. The van der Waals surface area contributed by atoms with E-state index in [1.165, 1.54) is 35.0 Å². The Morgan fingerprint density at radius 3 is 2.88 bits per heavy atom. The normalized spacial score (nSPS) is 13.3. The molecule has 1 aliphatic rings. The van der Waals surface area contributed by atoms with Gasteiger partial charge in [0.25, 0.3) is 5.91 Å². The lowest BCUT2D eigenvalue weighted by Gasteiger charge is -2.29. The number of nitrogens with one attached hydrogen (secondary N) is 1. The van der Waals surface area contributed by atoms with Gasteiger partial charge >= 0.3 is 0 Å². The summed E-state index contributed by atoms with van der Waals surface area (Å²) in [4.78, 5) is 31.2. The molecule has 0 fully saturated rings. The average Bonchev–Trinajstić information content (AvgIpc) is 3.24. The van der Waals surface area contributed by atoms with Crippen LogP contribution in [0, 0.1) is 5.82 Å². The SMILES string of the molecule is O=C(NCc1cc2ccccc2o1)c1cnc2c(c1)N(Cc1c(F)cccc1Cl)C(=O)CS2. The van der Waals surface area contributed by atoms with Crippen LogP contribution in [0.5, 0.6) is 0 Å². The van der Waals surface area contributed by atoms with Crippen LogP contribution in [0.4, 0.5) is 10.1 Å². The second-order valence-electron chi connectivity index (χ2n) is 7.45. The molecule has 0 saturated carbocycles. The fourth-order valence-electron chi connectivity index (χ4n) is 3.62. The maximum absolute atomic E-state index is 14.3. The molecule has 0 radical (unpaired) electrons. The lowest BCUT2D eigenvalue weighted by atomic mass is 10.1. The van der Waals surface area contributed by atoms with Gasteiger partial charge in [0.1, 0.15) is 22.2 Å². The number of nitrogens with zero attached hydrogens (tertiary/aromatic N) is 2. The number of para-hydroxylation sites is 1. The van der Waals surface area contributed by atoms with Gasteiger partial charge in [-0.2, -0.15) is 0 Å². The van der Waals surface area contributed by atoms with E-state index < -0.39 is 5.82 Å². The molecule has 2 aromatic carbocycles. The van der Waals surface area contributed by atoms with Gasteiger partial charge in [-0.15, -0.1) is 0 Å². The number of anilines is 1. The van der Waals surface area contributed by atoms with Crippen LogP contribution in [0.2, 0.25) is 5.02 Å².